The van der Waals surface area contributed by atoms with Crippen molar-refractivity contribution in [2.75, 3.05) is 19.8 Å². The fourth-order valence-electron chi connectivity index (χ4n) is 2.06. The van der Waals surface area contributed by atoms with Gasteiger partial charge in [0.15, 0.2) is 0 Å². The van der Waals surface area contributed by atoms with E-state index in [9.17, 15) is 9.59 Å². The molecule has 1 aromatic rings. The molecule has 6 nitrogen and oxygen atoms in total. The zero-order chi connectivity index (χ0) is 14.0. The molecule has 0 saturated carbocycles. The Morgan fingerprint density at radius 3 is 2.68 bits per heavy atom. The van der Waals surface area contributed by atoms with Gasteiger partial charge in [-0.25, -0.2) is 0 Å². The van der Waals surface area contributed by atoms with Crippen LogP contribution in [0.5, 0.6) is 0 Å². The molecule has 1 aromatic heterocycles. The molecule has 0 radical (unpaired) electrons. The molecule has 2 rings (SSSR count). The first kappa shape index (κ1) is 13.5. The second-order valence-corrected chi connectivity index (χ2v) is 5.12. The minimum atomic E-state index is -0.606. The maximum atomic E-state index is 12.4. The number of hydrogen-bond donors (Lipinski definition) is 1. The van der Waals surface area contributed by atoms with Crippen molar-refractivity contribution in [2.24, 2.45) is 5.73 Å². The highest BCUT2D eigenvalue weighted by atomic mass is 16.5. The van der Waals surface area contributed by atoms with Gasteiger partial charge in [-0.15, -0.1) is 0 Å². The van der Waals surface area contributed by atoms with Crippen LogP contribution in [-0.4, -0.2) is 47.0 Å². The molecule has 19 heavy (non-hydrogen) atoms. The number of nitrogens with zero attached hydrogens (tertiary/aromatic N) is 2. The molecular weight excluding hydrogens is 246 g/mol. The Balaban J connectivity index is 2.21. The summed E-state index contributed by atoms with van der Waals surface area (Å²) in [6.45, 7) is 5.49. The smallest absolute Gasteiger partial charge is 0.267 e. The van der Waals surface area contributed by atoms with Crippen molar-refractivity contribution in [3.8, 4) is 0 Å². The number of aromatic nitrogens is 1. The van der Waals surface area contributed by atoms with Crippen molar-refractivity contribution in [2.45, 2.75) is 19.4 Å². The summed E-state index contributed by atoms with van der Waals surface area (Å²) >= 11 is 0. The first-order valence-electron chi connectivity index (χ1n) is 6.07. The van der Waals surface area contributed by atoms with E-state index >= 15 is 0 Å². The normalized spacial score (nSPS) is 18.1. The van der Waals surface area contributed by atoms with Crippen LogP contribution in [0.3, 0.4) is 0 Å². The Labute approximate surface area is 111 Å². The topological polar surface area (TPSA) is 85.5 Å². The van der Waals surface area contributed by atoms with Gasteiger partial charge in [-0.3, -0.25) is 14.6 Å². The Morgan fingerprint density at radius 2 is 2.16 bits per heavy atom. The summed E-state index contributed by atoms with van der Waals surface area (Å²) in [6, 6.07) is 3.03. The van der Waals surface area contributed by atoms with E-state index in [1.165, 1.54) is 12.3 Å². The fraction of sp³-hybridized carbons (Fsp3) is 0.462. The van der Waals surface area contributed by atoms with E-state index in [0.29, 0.717) is 25.3 Å². The van der Waals surface area contributed by atoms with Gasteiger partial charge in [-0.1, -0.05) is 0 Å². The van der Waals surface area contributed by atoms with Gasteiger partial charge in [0.05, 0.1) is 24.3 Å². The molecule has 1 aliphatic rings. The minimum Gasteiger partial charge on any atom is -0.377 e. The lowest BCUT2D eigenvalue weighted by Gasteiger charge is -2.42. The molecule has 1 aliphatic heterocycles. The molecule has 0 atom stereocenters. The molecule has 102 valence electrons. The van der Waals surface area contributed by atoms with Gasteiger partial charge in [0.25, 0.3) is 11.8 Å². The largest absolute Gasteiger partial charge is 0.377 e. The standard InChI is InChI=1S/C13H17N3O3/c1-13(2)8-19-6-5-16(13)12(18)9-3-4-10(11(14)17)15-7-9/h3-4,7H,5-6,8H2,1-2H3,(H2,14,17). The Hall–Kier alpha value is -1.95. The number of carbonyl (C=O) groups is 2. The van der Waals surface area contributed by atoms with E-state index in [0.717, 1.165) is 0 Å². The summed E-state index contributed by atoms with van der Waals surface area (Å²) < 4.78 is 5.38. The van der Waals surface area contributed by atoms with Crippen LogP contribution < -0.4 is 5.73 Å². The molecule has 2 heterocycles. The van der Waals surface area contributed by atoms with Gasteiger partial charge in [-0.2, -0.15) is 0 Å². The Kier molecular flexibility index (Phi) is 3.53. The van der Waals surface area contributed by atoms with E-state index in [4.69, 9.17) is 10.5 Å². The van der Waals surface area contributed by atoms with Crippen molar-refractivity contribution in [3.63, 3.8) is 0 Å². The van der Waals surface area contributed by atoms with Gasteiger partial charge in [0, 0.05) is 12.7 Å². The van der Waals surface area contributed by atoms with E-state index < -0.39 is 5.91 Å². The van der Waals surface area contributed by atoms with Crippen LogP contribution in [0.15, 0.2) is 18.3 Å². The van der Waals surface area contributed by atoms with Crippen LogP contribution >= 0.6 is 0 Å². The molecule has 0 aromatic carbocycles. The summed E-state index contributed by atoms with van der Waals surface area (Å²) in [5.41, 5.74) is 5.36. The molecule has 6 heteroatoms. The van der Waals surface area contributed by atoms with Crippen LogP contribution in [0.25, 0.3) is 0 Å². The van der Waals surface area contributed by atoms with Crippen molar-refractivity contribution in [1.29, 1.82) is 0 Å². The predicted molar refractivity (Wildman–Crippen MR) is 68.7 cm³/mol. The van der Waals surface area contributed by atoms with Crippen LogP contribution in [0.1, 0.15) is 34.7 Å². The number of morpholine rings is 1. The lowest BCUT2D eigenvalue weighted by atomic mass is 10.0. The molecule has 0 aliphatic carbocycles. The number of rotatable bonds is 2. The predicted octanol–water partition coefficient (Wildman–Crippen LogP) is 0.431. The number of ether oxygens (including phenoxy) is 1. The van der Waals surface area contributed by atoms with E-state index in [1.54, 1.807) is 11.0 Å². The van der Waals surface area contributed by atoms with Crippen LogP contribution in [0.2, 0.25) is 0 Å². The monoisotopic (exact) mass is 263 g/mol. The zero-order valence-corrected chi connectivity index (χ0v) is 11.0. The minimum absolute atomic E-state index is 0.114. The summed E-state index contributed by atoms with van der Waals surface area (Å²) in [5.74, 6) is -0.720. The zero-order valence-electron chi connectivity index (χ0n) is 11.0. The van der Waals surface area contributed by atoms with Crippen molar-refractivity contribution >= 4 is 11.8 Å². The number of pyridine rings is 1. The van der Waals surface area contributed by atoms with E-state index in [2.05, 4.69) is 4.98 Å². The second kappa shape index (κ2) is 4.97. The van der Waals surface area contributed by atoms with Gasteiger partial charge in [0.2, 0.25) is 0 Å². The molecule has 1 fully saturated rings. The van der Waals surface area contributed by atoms with Crippen LogP contribution in [0, 0.1) is 0 Å². The third-order valence-corrected chi connectivity index (χ3v) is 3.15. The molecular formula is C13H17N3O3. The molecule has 2 amide bonds. The summed E-state index contributed by atoms with van der Waals surface area (Å²) in [7, 11) is 0. The molecule has 0 bridgehead atoms. The van der Waals surface area contributed by atoms with Gasteiger partial charge in [-0.05, 0) is 26.0 Å². The SMILES string of the molecule is CC1(C)COCCN1C(=O)c1ccc(C(N)=O)nc1. The Morgan fingerprint density at radius 1 is 1.42 bits per heavy atom. The lowest BCUT2D eigenvalue weighted by molar-refractivity contribution is -0.0370. The fourth-order valence-corrected chi connectivity index (χ4v) is 2.06. The average Bonchev–Trinajstić information content (AvgIpc) is 2.37. The number of primary amides is 1. The maximum Gasteiger partial charge on any atom is 0.267 e. The van der Waals surface area contributed by atoms with Crippen molar-refractivity contribution in [3.05, 3.63) is 29.6 Å². The highest BCUT2D eigenvalue weighted by Gasteiger charge is 2.34. The summed E-state index contributed by atoms with van der Waals surface area (Å²) in [6.07, 6.45) is 1.38. The average molecular weight is 263 g/mol. The maximum absolute atomic E-state index is 12.4. The number of amides is 2. The van der Waals surface area contributed by atoms with Crippen LogP contribution in [-0.2, 0) is 4.74 Å². The van der Waals surface area contributed by atoms with Crippen LogP contribution in [0.4, 0.5) is 0 Å². The number of nitrogens with two attached hydrogens (primary N) is 1. The lowest BCUT2D eigenvalue weighted by Crippen LogP contribution is -2.55. The highest BCUT2D eigenvalue weighted by molar-refractivity contribution is 5.96. The molecule has 0 spiro atoms. The van der Waals surface area contributed by atoms with Crippen molar-refractivity contribution in [1.82, 2.24) is 9.88 Å². The second-order valence-electron chi connectivity index (χ2n) is 5.12. The molecule has 0 unspecified atom stereocenters. The third kappa shape index (κ3) is 2.73. The summed E-state index contributed by atoms with van der Waals surface area (Å²) in [5, 5.41) is 0. The number of carbonyl (C=O) groups excluding carboxylic acids is 2. The van der Waals surface area contributed by atoms with Gasteiger partial charge in [0.1, 0.15) is 5.69 Å². The summed E-state index contributed by atoms with van der Waals surface area (Å²) in [4.78, 5) is 29.0. The quantitative estimate of drug-likeness (QED) is 0.838. The van der Waals surface area contributed by atoms with E-state index in [1.807, 2.05) is 13.8 Å². The number of hydrogen-bond acceptors (Lipinski definition) is 4. The van der Waals surface area contributed by atoms with Gasteiger partial charge < -0.3 is 15.4 Å². The molecule has 1 saturated heterocycles. The highest BCUT2D eigenvalue weighted by Crippen LogP contribution is 2.21. The first-order chi connectivity index (χ1) is 8.92. The van der Waals surface area contributed by atoms with Gasteiger partial charge >= 0.3 is 0 Å². The van der Waals surface area contributed by atoms with E-state index in [-0.39, 0.29) is 17.1 Å². The third-order valence-electron chi connectivity index (χ3n) is 3.15. The first-order valence-corrected chi connectivity index (χ1v) is 6.07. The molecule has 2 N–H and O–H groups in total. The van der Waals surface area contributed by atoms with Crippen molar-refractivity contribution < 1.29 is 14.3 Å². The Bertz CT molecular complexity index is 496.